The maximum atomic E-state index is 13.0. The zero-order valence-corrected chi connectivity index (χ0v) is 7.50. The van der Waals surface area contributed by atoms with Gasteiger partial charge in [-0.2, -0.15) is 0 Å². The first kappa shape index (κ1) is 11.0. The summed E-state index contributed by atoms with van der Waals surface area (Å²) in [7, 11) is 1.57. The molecule has 0 heterocycles. The van der Waals surface area contributed by atoms with E-state index in [2.05, 4.69) is 5.32 Å². The lowest BCUT2D eigenvalue weighted by Gasteiger charge is -2.05. The molecular formula is C9H9F4N. The molecule has 0 unspecified atom stereocenters. The van der Waals surface area contributed by atoms with E-state index in [-0.39, 0.29) is 19.0 Å². The lowest BCUT2D eigenvalue weighted by molar-refractivity contribution is 0.438. The van der Waals surface area contributed by atoms with Gasteiger partial charge in [0, 0.05) is 11.6 Å². The second-order valence-electron chi connectivity index (χ2n) is 2.80. The minimum atomic E-state index is -1.37. The summed E-state index contributed by atoms with van der Waals surface area (Å²) in [5.74, 6) is -5.37. The Morgan fingerprint density at radius 3 is 2.00 bits per heavy atom. The zero-order valence-electron chi connectivity index (χ0n) is 7.50. The molecule has 5 heteroatoms. The number of halogens is 4. The Balaban J connectivity index is 3.11. The predicted molar refractivity (Wildman–Crippen MR) is 43.9 cm³/mol. The van der Waals surface area contributed by atoms with Gasteiger partial charge in [-0.25, -0.2) is 17.6 Å². The summed E-state index contributed by atoms with van der Waals surface area (Å²) in [5.41, 5.74) is -0.558. The molecule has 0 bridgehead atoms. The maximum Gasteiger partial charge on any atom is 0.165 e. The van der Waals surface area contributed by atoms with Gasteiger partial charge in [-0.15, -0.1) is 0 Å². The molecular weight excluding hydrogens is 198 g/mol. The van der Waals surface area contributed by atoms with Gasteiger partial charge in [0.1, 0.15) is 0 Å². The van der Waals surface area contributed by atoms with Gasteiger partial charge in [0.15, 0.2) is 23.3 Å². The Morgan fingerprint density at radius 1 is 1.07 bits per heavy atom. The second-order valence-corrected chi connectivity index (χ2v) is 2.80. The number of hydrogen-bond acceptors (Lipinski definition) is 1. The van der Waals surface area contributed by atoms with Gasteiger partial charge in [0.05, 0.1) is 0 Å². The Kier molecular flexibility index (Phi) is 3.46. The Hall–Kier alpha value is -1.10. The first-order valence-electron chi connectivity index (χ1n) is 4.04. The van der Waals surface area contributed by atoms with Gasteiger partial charge in [-0.1, -0.05) is 0 Å². The van der Waals surface area contributed by atoms with E-state index in [1.54, 1.807) is 7.05 Å². The van der Waals surface area contributed by atoms with E-state index in [4.69, 9.17) is 0 Å². The van der Waals surface area contributed by atoms with Gasteiger partial charge < -0.3 is 5.32 Å². The molecule has 0 spiro atoms. The van der Waals surface area contributed by atoms with E-state index >= 15 is 0 Å². The van der Waals surface area contributed by atoms with Crippen molar-refractivity contribution in [2.45, 2.75) is 6.42 Å². The SMILES string of the molecule is CNCCc1c(F)c(F)cc(F)c1F. The van der Waals surface area contributed by atoms with Gasteiger partial charge in [0.2, 0.25) is 0 Å². The van der Waals surface area contributed by atoms with Crippen molar-refractivity contribution in [2.24, 2.45) is 0 Å². The molecule has 1 rings (SSSR count). The third-order valence-electron chi connectivity index (χ3n) is 1.83. The van der Waals surface area contributed by atoms with Crippen LogP contribution in [0.5, 0.6) is 0 Å². The van der Waals surface area contributed by atoms with E-state index in [0.717, 1.165) is 0 Å². The first-order valence-corrected chi connectivity index (χ1v) is 4.04. The number of nitrogens with one attached hydrogen (secondary N) is 1. The standard InChI is InChI=1S/C9H9F4N/c1-14-3-2-5-8(12)6(10)4-7(11)9(5)13/h4,14H,2-3H2,1H3. The zero-order chi connectivity index (χ0) is 10.7. The van der Waals surface area contributed by atoms with E-state index < -0.39 is 28.8 Å². The smallest absolute Gasteiger partial charge is 0.165 e. The highest BCUT2D eigenvalue weighted by molar-refractivity contribution is 5.22. The molecule has 1 aromatic carbocycles. The van der Waals surface area contributed by atoms with Crippen LogP contribution in [0.1, 0.15) is 5.56 Å². The average Bonchev–Trinajstić information content (AvgIpc) is 2.15. The van der Waals surface area contributed by atoms with Crippen molar-refractivity contribution in [2.75, 3.05) is 13.6 Å². The Bertz CT molecular complexity index is 312. The summed E-state index contributed by atoms with van der Waals surface area (Å²) in [6.07, 6.45) is -0.0944. The average molecular weight is 207 g/mol. The third-order valence-corrected chi connectivity index (χ3v) is 1.83. The highest BCUT2D eigenvalue weighted by atomic mass is 19.2. The minimum absolute atomic E-state index is 0.0944. The van der Waals surface area contributed by atoms with Gasteiger partial charge in [-0.05, 0) is 20.0 Å². The molecule has 0 saturated carbocycles. The summed E-state index contributed by atoms with van der Waals surface area (Å²) in [6.45, 7) is 0.247. The monoisotopic (exact) mass is 207 g/mol. The maximum absolute atomic E-state index is 13.0. The molecule has 0 saturated heterocycles. The van der Waals surface area contributed by atoms with Crippen molar-refractivity contribution in [3.8, 4) is 0 Å². The molecule has 0 aliphatic carbocycles. The molecule has 0 atom stereocenters. The summed E-state index contributed by atoms with van der Waals surface area (Å²) in [4.78, 5) is 0. The van der Waals surface area contributed by atoms with Crippen LogP contribution >= 0.6 is 0 Å². The number of rotatable bonds is 3. The van der Waals surface area contributed by atoms with Crippen LogP contribution in [0.25, 0.3) is 0 Å². The Morgan fingerprint density at radius 2 is 1.57 bits per heavy atom. The van der Waals surface area contributed by atoms with Crippen LogP contribution in [-0.4, -0.2) is 13.6 Å². The van der Waals surface area contributed by atoms with Gasteiger partial charge in [-0.3, -0.25) is 0 Å². The molecule has 0 fully saturated rings. The van der Waals surface area contributed by atoms with Crippen LogP contribution in [-0.2, 0) is 6.42 Å². The summed E-state index contributed by atoms with van der Waals surface area (Å²) in [5, 5.41) is 2.63. The van der Waals surface area contributed by atoms with E-state index in [0.29, 0.717) is 0 Å². The molecule has 0 aromatic heterocycles. The van der Waals surface area contributed by atoms with Crippen molar-refractivity contribution in [3.05, 3.63) is 34.9 Å². The van der Waals surface area contributed by atoms with Crippen LogP contribution < -0.4 is 5.32 Å². The van der Waals surface area contributed by atoms with E-state index in [9.17, 15) is 17.6 Å². The third kappa shape index (κ3) is 2.04. The first-order chi connectivity index (χ1) is 6.57. The number of benzene rings is 1. The highest BCUT2D eigenvalue weighted by Crippen LogP contribution is 2.19. The summed E-state index contributed by atoms with van der Waals surface area (Å²) in [6, 6.07) is 0.202. The molecule has 78 valence electrons. The van der Waals surface area contributed by atoms with Crippen LogP contribution in [0.15, 0.2) is 6.07 Å². The molecule has 1 aromatic rings. The molecule has 0 aliphatic heterocycles. The van der Waals surface area contributed by atoms with Crippen molar-refractivity contribution in [1.82, 2.24) is 5.32 Å². The Labute approximate surface area is 78.7 Å². The van der Waals surface area contributed by atoms with Gasteiger partial charge in [0.25, 0.3) is 0 Å². The molecule has 14 heavy (non-hydrogen) atoms. The van der Waals surface area contributed by atoms with Crippen molar-refractivity contribution >= 4 is 0 Å². The molecule has 0 amide bonds. The van der Waals surface area contributed by atoms with E-state index in [1.165, 1.54) is 0 Å². The molecule has 0 radical (unpaired) electrons. The van der Waals surface area contributed by atoms with Crippen molar-refractivity contribution in [1.29, 1.82) is 0 Å². The van der Waals surface area contributed by atoms with Crippen molar-refractivity contribution in [3.63, 3.8) is 0 Å². The van der Waals surface area contributed by atoms with E-state index in [1.807, 2.05) is 0 Å². The fourth-order valence-corrected chi connectivity index (χ4v) is 1.09. The fourth-order valence-electron chi connectivity index (χ4n) is 1.09. The second kappa shape index (κ2) is 4.41. The number of likely N-dealkylation sites (N-methyl/N-ethyl adjacent to an activating group) is 1. The lowest BCUT2D eigenvalue weighted by Crippen LogP contribution is -2.13. The summed E-state index contributed by atoms with van der Waals surface area (Å²) < 4.78 is 51.2. The topological polar surface area (TPSA) is 12.0 Å². The molecule has 1 nitrogen and oxygen atoms in total. The van der Waals surface area contributed by atoms with Crippen LogP contribution in [0.3, 0.4) is 0 Å². The van der Waals surface area contributed by atoms with Crippen LogP contribution in [0.2, 0.25) is 0 Å². The normalized spacial score (nSPS) is 10.6. The molecule has 0 aliphatic rings. The summed E-state index contributed by atoms with van der Waals surface area (Å²) >= 11 is 0. The largest absolute Gasteiger partial charge is 0.319 e. The number of hydrogen-bond donors (Lipinski definition) is 1. The quantitative estimate of drug-likeness (QED) is 0.590. The minimum Gasteiger partial charge on any atom is -0.319 e. The van der Waals surface area contributed by atoms with Crippen molar-refractivity contribution < 1.29 is 17.6 Å². The van der Waals surface area contributed by atoms with Crippen LogP contribution in [0, 0.1) is 23.3 Å². The van der Waals surface area contributed by atoms with Gasteiger partial charge >= 0.3 is 0 Å². The lowest BCUT2D eigenvalue weighted by atomic mass is 10.1. The fraction of sp³-hybridized carbons (Fsp3) is 0.333. The predicted octanol–water partition coefficient (Wildman–Crippen LogP) is 2.00. The van der Waals surface area contributed by atoms with Crippen LogP contribution in [0.4, 0.5) is 17.6 Å². The molecule has 1 N–H and O–H groups in total. The highest BCUT2D eigenvalue weighted by Gasteiger charge is 2.17.